The number of hydrogen-bond donors (Lipinski definition) is 1. The molecule has 2 aliphatic heterocycles. The Kier molecular flexibility index (Phi) is 9.30. The second-order valence-corrected chi connectivity index (χ2v) is 10.5. The zero-order valence-electron chi connectivity index (χ0n) is 21.1. The molecule has 1 amide bonds. The molecule has 0 atom stereocenters. The molecule has 2 aliphatic rings. The highest BCUT2D eigenvalue weighted by atomic mass is 35.5. The largest absolute Gasteiger partial charge is 0.490 e. The van der Waals surface area contributed by atoms with Crippen molar-refractivity contribution in [2.24, 2.45) is 5.92 Å². The van der Waals surface area contributed by atoms with Crippen LogP contribution in [0.1, 0.15) is 37.8 Å². The first-order chi connectivity index (χ1) is 17.0. The van der Waals surface area contributed by atoms with Gasteiger partial charge in [0.2, 0.25) is 5.91 Å². The van der Waals surface area contributed by atoms with E-state index in [-0.39, 0.29) is 12.5 Å². The van der Waals surface area contributed by atoms with Gasteiger partial charge in [-0.3, -0.25) is 9.69 Å². The first-order valence-corrected chi connectivity index (χ1v) is 13.3. The number of likely N-dealkylation sites (tertiary alicyclic amines) is 1. The van der Waals surface area contributed by atoms with Crippen LogP contribution >= 0.6 is 11.6 Å². The molecule has 1 saturated heterocycles. The average Bonchev–Trinajstić information content (AvgIpc) is 3.27. The number of amides is 1. The Balaban J connectivity index is 1.42. The fourth-order valence-corrected chi connectivity index (χ4v) is 5.16. The second-order valence-electron chi connectivity index (χ2n) is 10.1. The first-order valence-electron chi connectivity index (χ1n) is 12.9. The van der Waals surface area contributed by atoms with E-state index in [1.54, 1.807) is 0 Å². The van der Waals surface area contributed by atoms with E-state index in [2.05, 4.69) is 35.0 Å². The predicted molar refractivity (Wildman–Crippen MR) is 143 cm³/mol. The van der Waals surface area contributed by atoms with Gasteiger partial charge in [0.1, 0.15) is 12.4 Å². The summed E-state index contributed by atoms with van der Waals surface area (Å²) < 4.78 is 6.16. The van der Waals surface area contributed by atoms with Crippen LogP contribution in [-0.4, -0.2) is 73.0 Å². The Labute approximate surface area is 215 Å². The predicted octanol–water partition coefficient (Wildman–Crippen LogP) is 4.73. The summed E-state index contributed by atoms with van der Waals surface area (Å²) in [5.74, 6) is 1.55. The van der Waals surface area contributed by atoms with Gasteiger partial charge in [-0.05, 0) is 49.5 Å². The maximum absolute atomic E-state index is 13.4. The maximum atomic E-state index is 13.4. The number of nitrogens with one attached hydrogen (secondary N) is 1. The highest BCUT2D eigenvalue weighted by Crippen LogP contribution is 2.32. The monoisotopic (exact) mass is 498 g/mol. The van der Waals surface area contributed by atoms with Gasteiger partial charge in [0.25, 0.3) is 0 Å². The lowest BCUT2D eigenvalue weighted by molar-refractivity contribution is -0.130. The molecule has 2 aromatic carbocycles. The Bertz CT molecular complexity index is 977. The molecule has 35 heavy (non-hydrogen) atoms. The lowest BCUT2D eigenvalue weighted by atomic mass is 10.1. The molecule has 2 aromatic rings. The van der Waals surface area contributed by atoms with Crippen LogP contribution in [-0.2, 0) is 17.9 Å². The van der Waals surface area contributed by atoms with Crippen LogP contribution in [0, 0.1) is 5.92 Å². The number of hydrogen-bond acceptors (Lipinski definition) is 5. The van der Waals surface area contributed by atoms with Crippen molar-refractivity contribution < 1.29 is 9.53 Å². The molecule has 1 N–H and O–H groups in total. The van der Waals surface area contributed by atoms with Gasteiger partial charge >= 0.3 is 0 Å². The molecule has 7 heteroatoms. The summed E-state index contributed by atoms with van der Waals surface area (Å²) in [4.78, 5) is 20.2. The molecule has 0 aliphatic carbocycles. The summed E-state index contributed by atoms with van der Waals surface area (Å²) >= 11 is 6.43. The number of rotatable bonds is 10. The van der Waals surface area contributed by atoms with E-state index in [9.17, 15) is 4.79 Å². The lowest BCUT2D eigenvalue weighted by Gasteiger charge is -2.26. The van der Waals surface area contributed by atoms with Crippen molar-refractivity contribution in [3.63, 3.8) is 0 Å². The molecule has 1 fully saturated rings. The zero-order valence-corrected chi connectivity index (χ0v) is 21.9. The van der Waals surface area contributed by atoms with Crippen molar-refractivity contribution in [3.05, 3.63) is 58.6 Å². The van der Waals surface area contributed by atoms with Gasteiger partial charge in [-0.25, -0.2) is 0 Å². The fourth-order valence-electron chi connectivity index (χ4n) is 4.96. The summed E-state index contributed by atoms with van der Waals surface area (Å²) in [6.07, 6.45) is 2.49. The molecule has 0 aromatic heterocycles. The third-order valence-electron chi connectivity index (χ3n) is 6.75. The first kappa shape index (κ1) is 25.8. The van der Waals surface area contributed by atoms with Gasteiger partial charge in [-0.15, -0.1) is 0 Å². The summed E-state index contributed by atoms with van der Waals surface area (Å²) in [5.41, 5.74) is 3.04. The Hall–Kier alpha value is -2.28. The highest BCUT2D eigenvalue weighted by Gasteiger charge is 2.21. The zero-order chi connectivity index (χ0) is 24.6. The third kappa shape index (κ3) is 7.35. The molecule has 0 saturated carbocycles. The molecule has 190 valence electrons. The lowest BCUT2D eigenvalue weighted by Crippen LogP contribution is -2.40. The van der Waals surface area contributed by atoms with Crippen molar-refractivity contribution in [2.45, 2.75) is 39.8 Å². The van der Waals surface area contributed by atoms with Crippen molar-refractivity contribution in [1.82, 2.24) is 14.7 Å². The number of anilines is 1. The van der Waals surface area contributed by atoms with E-state index in [1.807, 2.05) is 41.3 Å². The van der Waals surface area contributed by atoms with Gasteiger partial charge in [0.15, 0.2) is 0 Å². The van der Waals surface area contributed by atoms with E-state index >= 15 is 0 Å². The number of nitrogens with zero attached hydrogens (tertiary/aromatic N) is 3. The van der Waals surface area contributed by atoms with E-state index < -0.39 is 0 Å². The molecule has 0 radical (unpaired) electrons. The fraction of sp³-hybridized carbons (Fsp3) is 0.536. The minimum Gasteiger partial charge on any atom is -0.490 e. The van der Waals surface area contributed by atoms with E-state index in [0.29, 0.717) is 30.6 Å². The van der Waals surface area contributed by atoms with Crippen LogP contribution in [0.5, 0.6) is 5.75 Å². The van der Waals surface area contributed by atoms with Crippen LogP contribution in [0.4, 0.5) is 5.69 Å². The number of fused-ring (bicyclic) bond motifs is 1. The number of para-hydroxylation sites is 1. The SMILES string of the molecule is CC(C)CN1CCOc2c(cccc2NCC(=O)N(CCN2CCCC2)Cc2ccccc2Cl)C1. The van der Waals surface area contributed by atoms with Crippen LogP contribution in [0.2, 0.25) is 5.02 Å². The highest BCUT2D eigenvalue weighted by molar-refractivity contribution is 6.31. The number of benzene rings is 2. The number of ether oxygens (including phenoxy) is 1. The second kappa shape index (κ2) is 12.6. The summed E-state index contributed by atoms with van der Waals surface area (Å²) in [7, 11) is 0. The molecular formula is C28H39ClN4O2. The Morgan fingerprint density at radius 2 is 1.89 bits per heavy atom. The van der Waals surface area contributed by atoms with Crippen molar-refractivity contribution in [3.8, 4) is 5.75 Å². The van der Waals surface area contributed by atoms with Gasteiger partial charge in [-0.2, -0.15) is 0 Å². The van der Waals surface area contributed by atoms with Crippen LogP contribution in [0.3, 0.4) is 0 Å². The number of halogens is 1. The molecule has 2 heterocycles. The van der Waals surface area contributed by atoms with E-state index in [4.69, 9.17) is 16.3 Å². The Morgan fingerprint density at radius 1 is 1.09 bits per heavy atom. The summed E-state index contributed by atoms with van der Waals surface area (Å²) in [6.45, 7) is 12.5. The van der Waals surface area contributed by atoms with Gasteiger partial charge < -0.3 is 19.9 Å². The third-order valence-corrected chi connectivity index (χ3v) is 7.12. The number of carbonyl (C=O) groups excluding carboxylic acids is 1. The quantitative estimate of drug-likeness (QED) is 0.513. The maximum Gasteiger partial charge on any atom is 0.242 e. The van der Waals surface area contributed by atoms with E-state index in [1.165, 1.54) is 18.4 Å². The average molecular weight is 499 g/mol. The van der Waals surface area contributed by atoms with E-state index in [0.717, 1.165) is 56.3 Å². The van der Waals surface area contributed by atoms with Crippen LogP contribution in [0.25, 0.3) is 0 Å². The summed E-state index contributed by atoms with van der Waals surface area (Å²) in [5, 5.41) is 4.08. The molecule has 6 nitrogen and oxygen atoms in total. The van der Waals surface area contributed by atoms with Crippen LogP contribution in [0.15, 0.2) is 42.5 Å². The molecule has 0 unspecified atom stereocenters. The standard InChI is InChI=1S/C28H39ClN4O2/c1-22(2)19-32-16-17-35-28-24(20-32)9-7-11-26(28)30-18-27(34)33(15-14-31-12-5-6-13-31)21-23-8-3-4-10-25(23)29/h3-4,7-11,22,30H,5-6,12-21H2,1-2H3. The minimum atomic E-state index is 0.0665. The summed E-state index contributed by atoms with van der Waals surface area (Å²) in [6, 6.07) is 14.0. The van der Waals surface area contributed by atoms with Gasteiger partial charge in [-0.1, -0.05) is 55.8 Å². The van der Waals surface area contributed by atoms with Crippen molar-refractivity contribution >= 4 is 23.2 Å². The van der Waals surface area contributed by atoms with Crippen molar-refractivity contribution in [1.29, 1.82) is 0 Å². The topological polar surface area (TPSA) is 48.1 Å². The number of carbonyl (C=O) groups is 1. The molecular weight excluding hydrogens is 460 g/mol. The smallest absolute Gasteiger partial charge is 0.242 e. The Morgan fingerprint density at radius 3 is 2.66 bits per heavy atom. The molecule has 0 bridgehead atoms. The van der Waals surface area contributed by atoms with Gasteiger partial charge in [0.05, 0.1) is 12.2 Å². The van der Waals surface area contributed by atoms with Gasteiger partial charge in [0, 0.05) is 49.9 Å². The molecule has 0 spiro atoms. The van der Waals surface area contributed by atoms with Crippen molar-refractivity contribution in [2.75, 3.05) is 57.7 Å². The normalized spacial score (nSPS) is 16.6. The molecule has 4 rings (SSSR count). The van der Waals surface area contributed by atoms with Crippen LogP contribution < -0.4 is 10.1 Å². The minimum absolute atomic E-state index is 0.0665.